The van der Waals surface area contributed by atoms with Crippen molar-refractivity contribution in [3.05, 3.63) is 32.2 Å². The number of nitrogens with zero attached hydrogens (tertiary/aromatic N) is 5. The monoisotopic (exact) mass is 888 g/mol. The zero-order valence-corrected chi connectivity index (χ0v) is 32.4. The lowest BCUT2D eigenvalue weighted by molar-refractivity contribution is -0.161. The van der Waals surface area contributed by atoms with Gasteiger partial charge in [-0.2, -0.15) is 0 Å². The van der Waals surface area contributed by atoms with Crippen LogP contribution in [-0.2, 0) is 33.6 Å². The number of rotatable bonds is 15. The Hall–Kier alpha value is -5.20. The van der Waals surface area contributed by atoms with Crippen molar-refractivity contribution in [1.82, 2.24) is 30.5 Å². The average molecular weight is 890 g/mol. The van der Waals surface area contributed by atoms with Gasteiger partial charge in [-0.3, -0.25) is 34.3 Å². The molecule has 5 amide bonds. The maximum absolute atomic E-state index is 13.6. The number of fused-ring (bicyclic) bond motifs is 1. The molecule has 8 N–H and O–H groups in total. The first kappa shape index (κ1) is 41.0. The number of nitrogens with one attached hydrogen (secondary N) is 2. The number of benzene rings is 1. The van der Waals surface area contributed by atoms with Gasteiger partial charge >= 0.3 is 18.0 Å². The normalized spacial score (nSPS) is 20.9. The summed E-state index contributed by atoms with van der Waals surface area (Å²) in [4.78, 5) is 111. The molecule has 55 heavy (non-hydrogen) atoms. The highest BCUT2D eigenvalue weighted by molar-refractivity contribution is 9.11. The molecular formula is C30H30BrClN8O13S2. The van der Waals surface area contributed by atoms with Crippen LogP contribution in [0.15, 0.2) is 21.1 Å². The average Bonchev–Trinajstić information content (AvgIpc) is 3.78. The highest BCUT2D eigenvalue weighted by atomic mass is 79.9. The molecule has 2 aromatic rings. The number of thioether (sulfide) groups is 1. The number of aromatic nitrogens is 1. The van der Waals surface area contributed by atoms with Gasteiger partial charge in [0.15, 0.2) is 28.1 Å². The molecule has 0 saturated carbocycles. The third-order valence-electron chi connectivity index (χ3n) is 8.55. The summed E-state index contributed by atoms with van der Waals surface area (Å²) in [5, 5.41) is 44.5. The van der Waals surface area contributed by atoms with Crippen LogP contribution in [0.4, 0.5) is 9.93 Å². The molecule has 4 heterocycles. The minimum atomic E-state index is -2.01. The number of anilines is 1. The lowest BCUT2D eigenvalue weighted by Gasteiger charge is -2.40. The predicted molar refractivity (Wildman–Crippen MR) is 194 cm³/mol. The second-order valence-corrected chi connectivity index (χ2v) is 16.7. The number of phenolic OH excluding ortho intramolecular Hbond substituents is 2. The number of oxime groups is 1. The van der Waals surface area contributed by atoms with Crippen molar-refractivity contribution in [2.75, 3.05) is 31.9 Å². The smallest absolute Gasteiger partial charge is 0.350 e. The van der Waals surface area contributed by atoms with E-state index in [1.807, 2.05) is 0 Å². The molecule has 3 atom stereocenters. The van der Waals surface area contributed by atoms with Crippen LogP contribution in [0.3, 0.4) is 0 Å². The van der Waals surface area contributed by atoms with Gasteiger partial charge in [-0.1, -0.05) is 39.9 Å². The van der Waals surface area contributed by atoms with Crippen LogP contribution in [0.25, 0.3) is 0 Å². The van der Waals surface area contributed by atoms with Gasteiger partial charge in [0.05, 0.1) is 35.0 Å². The number of hydrazine groups is 1. The van der Waals surface area contributed by atoms with Gasteiger partial charge in [-0.25, -0.2) is 24.4 Å². The molecule has 5 rings (SSSR count). The molecule has 3 aliphatic rings. The summed E-state index contributed by atoms with van der Waals surface area (Å²) in [5.74, 6) is -9.81. The van der Waals surface area contributed by atoms with Gasteiger partial charge in [0, 0.05) is 25.9 Å². The molecule has 3 aliphatic heterocycles. The standard InChI is InChI=1S/C30H30BrClN8O13S2/c1-29(2,25(48)49)53-37-17(18-21(31)54-27(33)35-18)14(42)9-12-23(47)38-10-30(26(50)51,55-24(12)38)39-7-8-40(28(39)52)36-15(43)5-6-34-22(46)19(44)11-3-4-13(41)20(45)16(11)32/h3-4,12,24,41,45H,5-10H2,1-2H3,(H2,33,35)(H,34,46)(H,36,43)(H,48,49)(H,50,51)/b37-17+/t12?,24-,30-/m1/s1. The van der Waals surface area contributed by atoms with E-state index >= 15 is 0 Å². The van der Waals surface area contributed by atoms with Crippen molar-refractivity contribution in [3.8, 4) is 11.5 Å². The van der Waals surface area contributed by atoms with Crippen LogP contribution >= 0.6 is 50.6 Å². The number of nitrogen functional groups attached to an aromatic ring is 1. The Morgan fingerprint density at radius 1 is 1.16 bits per heavy atom. The first-order valence-electron chi connectivity index (χ1n) is 15.8. The number of nitrogens with two attached hydrogens (primary N) is 1. The first-order valence-corrected chi connectivity index (χ1v) is 18.6. The van der Waals surface area contributed by atoms with Crippen LogP contribution in [0, 0.1) is 5.92 Å². The number of carboxylic acids is 2. The van der Waals surface area contributed by atoms with Gasteiger partial charge in [-0.05, 0) is 41.9 Å². The highest BCUT2D eigenvalue weighted by Crippen LogP contribution is 2.53. The molecule has 1 unspecified atom stereocenters. The van der Waals surface area contributed by atoms with E-state index in [-0.39, 0.29) is 34.2 Å². The zero-order valence-electron chi connectivity index (χ0n) is 28.4. The number of ketones is 2. The fourth-order valence-corrected chi connectivity index (χ4v) is 8.81. The lowest BCUT2D eigenvalue weighted by atomic mass is 9.90. The molecule has 3 saturated heterocycles. The molecule has 1 aromatic carbocycles. The largest absolute Gasteiger partial charge is 0.504 e. The number of aliphatic carboxylic acids is 2. The molecule has 3 fully saturated rings. The summed E-state index contributed by atoms with van der Waals surface area (Å²) in [6.07, 6.45) is -0.935. The summed E-state index contributed by atoms with van der Waals surface area (Å²) in [7, 11) is 0. The maximum Gasteiger partial charge on any atom is 0.350 e. The van der Waals surface area contributed by atoms with Crippen LogP contribution in [-0.4, -0.2) is 135 Å². The number of hydrogen-bond donors (Lipinski definition) is 7. The number of hydrogen-bond acceptors (Lipinski definition) is 16. The van der Waals surface area contributed by atoms with Crippen molar-refractivity contribution < 1.29 is 63.6 Å². The maximum atomic E-state index is 13.6. The molecule has 21 nitrogen and oxygen atoms in total. The Morgan fingerprint density at radius 2 is 1.85 bits per heavy atom. The minimum Gasteiger partial charge on any atom is -0.504 e. The van der Waals surface area contributed by atoms with Gasteiger partial charge in [0.1, 0.15) is 9.48 Å². The Labute approximate surface area is 330 Å². The fourth-order valence-electron chi connectivity index (χ4n) is 5.54. The van der Waals surface area contributed by atoms with E-state index in [1.165, 1.54) is 18.7 Å². The number of aromatic hydroxyl groups is 2. The van der Waals surface area contributed by atoms with Gasteiger partial charge in [0.25, 0.3) is 11.7 Å². The number of carbonyl (C=O) groups excluding carboxylic acids is 6. The summed E-state index contributed by atoms with van der Waals surface area (Å²) in [5.41, 5.74) is 5.35. The quantitative estimate of drug-likeness (QED) is 0.0321. The number of carbonyl (C=O) groups is 8. The number of phenols is 2. The SMILES string of the molecule is CC(C)(O/N=C(\C(=O)CC1C(=O)N2C[C@@](C(=O)O)(N3CCN(NC(=O)CCNC(=O)C(=O)c4ccc(O)c(O)c4Cl)C3=O)S[C@H]12)c1nc(N)sc1Br)C(=O)O. The summed E-state index contributed by atoms with van der Waals surface area (Å²) in [6, 6.07) is 1.07. The third kappa shape index (κ3) is 7.83. The topological polar surface area (TPSA) is 312 Å². The van der Waals surface area contributed by atoms with Gasteiger partial charge in [-0.15, -0.1) is 0 Å². The Balaban J connectivity index is 1.21. The van der Waals surface area contributed by atoms with E-state index in [4.69, 9.17) is 22.2 Å². The van der Waals surface area contributed by atoms with Crippen molar-refractivity contribution in [3.63, 3.8) is 0 Å². The lowest BCUT2D eigenvalue weighted by Crippen LogP contribution is -2.60. The molecule has 0 aliphatic carbocycles. The number of halogens is 2. The van der Waals surface area contributed by atoms with E-state index in [0.29, 0.717) is 0 Å². The number of Topliss-reactive ketones (excluding diaryl/α,β-unsaturated/α-hetero) is 2. The number of amides is 5. The minimum absolute atomic E-state index is 0.0439. The fraction of sp³-hybridized carbons (Fsp3) is 0.400. The summed E-state index contributed by atoms with van der Waals surface area (Å²) < 4.78 is 0.275. The highest BCUT2D eigenvalue weighted by Gasteiger charge is 2.66. The van der Waals surface area contributed by atoms with Gasteiger partial charge < -0.3 is 41.2 Å². The van der Waals surface area contributed by atoms with E-state index in [2.05, 4.69) is 36.8 Å². The van der Waals surface area contributed by atoms with E-state index in [9.17, 15) is 58.8 Å². The molecule has 0 radical (unpaired) electrons. The van der Waals surface area contributed by atoms with E-state index in [1.54, 1.807) is 0 Å². The molecule has 0 bridgehead atoms. The molecule has 25 heteroatoms. The van der Waals surface area contributed by atoms with E-state index in [0.717, 1.165) is 45.1 Å². The Bertz CT molecular complexity index is 2060. The van der Waals surface area contributed by atoms with Crippen molar-refractivity contribution >= 4 is 109 Å². The number of thiazole rings is 1. The number of urea groups is 1. The molecule has 0 spiro atoms. The Kier molecular flexibility index (Phi) is 11.6. The molecule has 1 aromatic heterocycles. The van der Waals surface area contributed by atoms with Crippen molar-refractivity contribution in [1.29, 1.82) is 0 Å². The van der Waals surface area contributed by atoms with Crippen molar-refractivity contribution in [2.45, 2.75) is 42.5 Å². The molecule has 294 valence electrons. The van der Waals surface area contributed by atoms with Crippen LogP contribution in [0.1, 0.15) is 42.7 Å². The summed E-state index contributed by atoms with van der Waals surface area (Å²) >= 11 is 10.8. The third-order valence-corrected chi connectivity index (χ3v) is 12.2. The number of carboxylic acid groups (broad SMARTS) is 2. The van der Waals surface area contributed by atoms with Crippen LogP contribution in [0.5, 0.6) is 11.5 Å². The van der Waals surface area contributed by atoms with Crippen LogP contribution < -0.4 is 16.5 Å². The van der Waals surface area contributed by atoms with Crippen LogP contribution in [0.2, 0.25) is 5.02 Å². The first-order chi connectivity index (χ1) is 25.7. The zero-order chi connectivity index (χ0) is 40.7. The Morgan fingerprint density at radius 3 is 2.47 bits per heavy atom. The van der Waals surface area contributed by atoms with Gasteiger partial charge in [0.2, 0.25) is 22.3 Å². The molecular weight excluding hydrogens is 860 g/mol. The number of β-lactam (4-membered cyclic amide) rings is 1. The summed E-state index contributed by atoms with van der Waals surface area (Å²) in [6.45, 7) is 1.23. The second kappa shape index (κ2) is 15.5. The second-order valence-electron chi connectivity index (χ2n) is 12.6. The van der Waals surface area contributed by atoms with E-state index < -0.39 is 116 Å². The predicted octanol–water partition coefficient (Wildman–Crippen LogP) is 0.566. The van der Waals surface area contributed by atoms with Crippen molar-refractivity contribution in [2.24, 2.45) is 11.1 Å².